The van der Waals surface area contributed by atoms with E-state index in [1.165, 1.54) is 21.3 Å². The number of rotatable bonds is 11. The van der Waals surface area contributed by atoms with Crippen molar-refractivity contribution >= 4 is 27.5 Å². The van der Waals surface area contributed by atoms with Crippen LogP contribution < -0.4 is 9.62 Å². The van der Waals surface area contributed by atoms with Crippen LogP contribution in [0, 0.1) is 5.82 Å². The Hall–Kier alpha value is -2.94. The molecule has 2 amide bonds. The maximum Gasteiger partial charge on any atom is 0.242 e. The number of anilines is 1. The number of sulfonamides is 1. The van der Waals surface area contributed by atoms with Crippen molar-refractivity contribution in [1.82, 2.24) is 10.2 Å². The first kappa shape index (κ1) is 26.7. The Bertz CT molecular complexity index is 1090. The van der Waals surface area contributed by atoms with Crippen molar-refractivity contribution in [3.63, 3.8) is 0 Å². The van der Waals surface area contributed by atoms with E-state index in [0.717, 1.165) is 31.9 Å². The molecule has 0 spiro atoms. The molecule has 0 unspecified atom stereocenters. The molecule has 0 saturated heterocycles. The molecule has 0 aliphatic heterocycles. The molecule has 1 aliphatic rings. The van der Waals surface area contributed by atoms with Crippen molar-refractivity contribution in [2.24, 2.45) is 0 Å². The molecule has 0 aromatic heterocycles. The Balaban J connectivity index is 1.69. The second-order valence-electron chi connectivity index (χ2n) is 9.09. The van der Waals surface area contributed by atoms with Gasteiger partial charge in [0.2, 0.25) is 21.8 Å². The minimum atomic E-state index is -3.52. The van der Waals surface area contributed by atoms with Crippen LogP contribution in [0.2, 0.25) is 0 Å². The zero-order valence-electron chi connectivity index (χ0n) is 20.3. The van der Waals surface area contributed by atoms with Crippen molar-refractivity contribution in [1.29, 1.82) is 0 Å². The van der Waals surface area contributed by atoms with E-state index in [0.29, 0.717) is 11.3 Å². The Morgan fingerprint density at radius 2 is 1.69 bits per heavy atom. The van der Waals surface area contributed by atoms with Gasteiger partial charge in [-0.3, -0.25) is 13.9 Å². The number of carbonyl (C=O) groups is 2. The van der Waals surface area contributed by atoms with Gasteiger partial charge >= 0.3 is 0 Å². The molecule has 1 aliphatic carbocycles. The molecule has 0 heterocycles. The molecule has 35 heavy (non-hydrogen) atoms. The van der Waals surface area contributed by atoms with Gasteiger partial charge < -0.3 is 10.2 Å². The lowest BCUT2D eigenvalue weighted by Crippen LogP contribution is -2.49. The van der Waals surface area contributed by atoms with Crippen LogP contribution in [0.3, 0.4) is 0 Å². The van der Waals surface area contributed by atoms with E-state index in [9.17, 15) is 22.4 Å². The number of amides is 2. The minimum Gasteiger partial charge on any atom is -0.352 e. The smallest absolute Gasteiger partial charge is 0.242 e. The van der Waals surface area contributed by atoms with Crippen molar-refractivity contribution in [3.05, 3.63) is 66.0 Å². The maximum absolute atomic E-state index is 13.4. The first-order valence-corrected chi connectivity index (χ1v) is 13.9. The second-order valence-corrected chi connectivity index (χ2v) is 11.0. The van der Waals surface area contributed by atoms with Crippen LogP contribution in [-0.4, -0.2) is 50.0 Å². The third-order valence-corrected chi connectivity index (χ3v) is 7.53. The van der Waals surface area contributed by atoms with Gasteiger partial charge in [0.1, 0.15) is 11.9 Å². The van der Waals surface area contributed by atoms with Crippen LogP contribution in [0.4, 0.5) is 10.1 Å². The fourth-order valence-corrected chi connectivity index (χ4v) is 5.32. The van der Waals surface area contributed by atoms with Gasteiger partial charge in [-0.25, -0.2) is 12.8 Å². The Labute approximate surface area is 207 Å². The summed E-state index contributed by atoms with van der Waals surface area (Å²) in [5, 5.41) is 3.04. The lowest BCUT2D eigenvalue weighted by Gasteiger charge is -2.30. The lowest BCUT2D eigenvalue weighted by molar-refractivity contribution is -0.141. The Morgan fingerprint density at radius 1 is 1.06 bits per heavy atom. The van der Waals surface area contributed by atoms with Crippen molar-refractivity contribution in [2.45, 2.75) is 64.1 Å². The van der Waals surface area contributed by atoms with Crippen LogP contribution in [0.1, 0.15) is 51.0 Å². The summed E-state index contributed by atoms with van der Waals surface area (Å²) in [4.78, 5) is 27.7. The molecule has 2 aromatic carbocycles. The van der Waals surface area contributed by atoms with Crippen LogP contribution in [-0.2, 0) is 26.2 Å². The van der Waals surface area contributed by atoms with E-state index in [1.807, 2.05) is 0 Å². The van der Waals surface area contributed by atoms with E-state index in [-0.39, 0.29) is 49.6 Å². The summed E-state index contributed by atoms with van der Waals surface area (Å²) < 4.78 is 39.3. The topological polar surface area (TPSA) is 86.8 Å². The van der Waals surface area contributed by atoms with Crippen LogP contribution in [0.25, 0.3) is 0 Å². The SMILES string of the molecule is C[C@H](C(=O)NC1CCCC1)N(Cc1ccc(F)cc1)C(=O)CCCN(c1ccccc1)S(C)(=O)=O. The number of benzene rings is 2. The zero-order valence-corrected chi connectivity index (χ0v) is 21.1. The van der Waals surface area contributed by atoms with Crippen molar-refractivity contribution < 1.29 is 22.4 Å². The average Bonchev–Trinajstić information content (AvgIpc) is 3.33. The van der Waals surface area contributed by atoms with Gasteiger partial charge in [-0.05, 0) is 56.0 Å². The summed E-state index contributed by atoms with van der Waals surface area (Å²) in [5.74, 6) is -0.847. The summed E-state index contributed by atoms with van der Waals surface area (Å²) in [5.41, 5.74) is 1.25. The predicted octanol–water partition coefficient (Wildman–Crippen LogP) is 3.85. The molecule has 1 atom stereocenters. The van der Waals surface area contributed by atoms with Gasteiger partial charge in [0.25, 0.3) is 0 Å². The van der Waals surface area contributed by atoms with Gasteiger partial charge in [0.15, 0.2) is 0 Å². The van der Waals surface area contributed by atoms with Gasteiger partial charge in [-0.1, -0.05) is 43.2 Å². The minimum absolute atomic E-state index is 0.0705. The third-order valence-electron chi connectivity index (χ3n) is 6.33. The largest absolute Gasteiger partial charge is 0.352 e. The van der Waals surface area contributed by atoms with Gasteiger partial charge in [-0.15, -0.1) is 0 Å². The first-order chi connectivity index (χ1) is 16.6. The maximum atomic E-state index is 13.4. The fourth-order valence-electron chi connectivity index (χ4n) is 4.36. The predicted molar refractivity (Wildman–Crippen MR) is 135 cm³/mol. The van der Waals surface area contributed by atoms with Crippen LogP contribution in [0.15, 0.2) is 54.6 Å². The van der Waals surface area contributed by atoms with E-state index in [4.69, 9.17) is 0 Å². The monoisotopic (exact) mass is 503 g/mol. The molecular formula is C26H34FN3O4S. The highest BCUT2D eigenvalue weighted by Gasteiger charge is 2.28. The van der Waals surface area contributed by atoms with Gasteiger partial charge in [0.05, 0.1) is 11.9 Å². The molecule has 0 bridgehead atoms. The average molecular weight is 504 g/mol. The highest BCUT2D eigenvalue weighted by Crippen LogP contribution is 2.20. The van der Waals surface area contributed by atoms with Crippen molar-refractivity contribution in [3.8, 4) is 0 Å². The molecule has 2 aromatic rings. The molecular weight excluding hydrogens is 469 g/mol. The summed E-state index contributed by atoms with van der Waals surface area (Å²) in [6, 6.07) is 14.0. The standard InChI is InChI=1S/C26H34FN3O4S/c1-20(26(32)28-23-9-6-7-10-23)29(19-21-14-16-22(27)17-15-21)25(31)13-8-18-30(35(2,33)34)24-11-4-3-5-12-24/h3-5,11-12,14-17,20,23H,6-10,13,18-19H2,1-2H3,(H,28,32)/t20-/m1/s1. The molecule has 1 saturated carbocycles. The highest BCUT2D eigenvalue weighted by molar-refractivity contribution is 7.92. The number of hydrogen-bond acceptors (Lipinski definition) is 4. The Morgan fingerprint density at radius 3 is 2.29 bits per heavy atom. The van der Waals surface area contributed by atoms with Crippen LogP contribution >= 0.6 is 0 Å². The molecule has 0 radical (unpaired) electrons. The number of hydrogen-bond donors (Lipinski definition) is 1. The second kappa shape index (κ2) is 12.2. The molecule has 9 heteroatoms. The van der Waals surface area contributed by atoms with Crippen molar-refractivity contribution in [2.75, 3.05) is 17.1 Å². The molecule has 7 nitrogen and oxygen atoms in total. The molecule has 1 fully saturated rings. The zero-order chi connectivity index (χ0) is 25.4. The lowest BCUT2D eigenvalue weighted by atomic mass is 10.1. The number of carbonyl (C=O) groups excluding carboxylic acids is 2. The Kier molecular flexibility index (Phi) is 9.26. The van der Waals surface area contributed by atoms with Gasteiger partial charge in [0, 0.05) is 25.6 Å². The van der Waals surface area contributed by atoms with E-state index >= 15 is 0 Å². The van der Waals surface area contributed by atoms with E-state index in [2.05, 4.69) is 5.32 Å². The fraction of sp³-hybridized carbons (Fsp3) is 0.462. The number of para-hydroxylation sites is 1. The van der Waals surface area contributed by atoms with Crippen LogP contribution in [0.5, 0.6) is 0 Å². The molecule has 3 rings (SSSR count). The number of nitrogens with zero attached hydrogens (tertiary/aromatic N) is 2. The number of halogens is 1. The van der Waals surface area contributed by atoms with E-state index < -0.39 is 16.1 Å². The number of nitrogens with one attached hydrogen (secondary N) is 1. The summed E-state index contributed by atoms with van der Waals surface area (Å²) in [6.45, 7) is 1.99. The summed E-state index contributed by atoms with van der Waals surface area (Å²) in [7, 11) is -3.52. The molecule has 190 valence electrons. The quantitative estimate of drug-likeness (QED) is 0.505. The first-order valence-electron chi connectivity index (χ1n) is 12.0. The van der Waals surface area contributed by atoms with E-state index in [1.54, 1.807) is 49.4 Å². The highest BCUT2D eigenvalue weighted by atomic mass is 32.2. The molecule has 1 N–H and O–H groups in total. The van der Waals surface area contributed by atoms with Gasteiger partial charge in [-0.2, -0.15) is 0 Å². The summed E-state index contributed by atoms with van der Waals surface area (Å²) >= 11 is 0. The summed E-state index contributed by atoms with van der Waals surface area (Å²) in [6.07, 6.45) is 5.53. The third kappa shape index (κ3) is 7.78. The normalized spacial score (nSPS) is 14.9.